The summed E-state index contributed by atoms with van der Waals surface area (Å²) in [5, 5.41) is 0. The van der Waals surface area contributed by atoms with E-state index in [0.717, 1.165) is 24.2 Å². The summed E-state index contributed by atoms with van der Waals surface area (Å²) in [6, 6.07) is 11.5. The molecule has 0 radical (unpaired) electrons. The van der Waals surface area contributed by atoms with Crippen molar-refractivity contribution < 1.29 is 0 Å². The van der Waals surface area contributed by atoms with Crippen LogP contribution >= 0.6 is 0 Å². The number of hydrogen-bond acceptors (Lipinski definition) is 2. The van der Waals surface area contributed by atoms with Crippen LogP contribution in [0, 0.1) is 13.8 Å². The zero-order valence-electron chi connectivity index (χ0n) is 12.4. The molecule has 0 aliphatic carbocycles. The summed E-state index contributed by atoms with van der Waals surface area (Å²) >= 11 is 0. The van der Waals surface area contributed by atoms with Gasteiger partial charge in [-0.15, -0.1) is 0 Å². The molecule has 2 aromatic rings. The predicted molar refractivity (Wildman–Crippen MR) is 82.9 cm³/mol. The fraction of sp³-hybridized carbons (Fsp3) is 0.353. The van der Waals surface area contributed by atoms with Gasteiger partial charge >= 0.3 is 0 Å². The number of pyridine rings is 1. The van der Waals surface area contributed by atoms with Crippen LogP contribution in [0.1, 0.15) is 41.8 Å². The Bertz CT molecular complexity index is 641. The van der Waals surface area contributed by atoms with Crippen molar-refractivity contribution in [2.45, 2.75) is 39.8 Å². The second-order valence-corrected chi connectivity index (χ2v) is 5.28. The first-order chi connectivity index (χ1) is 9.54. The highest BCUT2D eigenvalue weighted by atomic mass is 16.1. The van der Waals surface area contributed by atoms with Crippen LogP contribution < -0.4 is 11.3 Å². The fourth-order valence-electron chi connectivity index (χ4n) is 2.38. The third-order valence-corrected chi connectivity index (χ3v) is 3.64. The third-order valence-electron chi connectivity index (χ3n) is 3.64. The Hall–Kier alpha value is -1.87. The van der Waals surface area contributed by atoms with E-state index in [-0.39, 0.29) is 11.6 Å². The summed E-state index contributed by atoms with van der Waals surface area (Å²) in [4.78, 5) is 12.5. The molecular weight excluding hydrogens is 248 g/mol. The number of nitrogens with zero attached hydrogens (tertiary/aromatic N) is 1. The highest BCUT2D eigenvalue weighted by molar-refractivity contribution is 5.32. The van der Waals surface area contributed by atoms with Gasteiger partial charge in [0.25, 0.3) is 5.56 Å². The van der Waals surface area contributed by atoms with E-state index in [1.165, 1.54) is 5.56 Å². The van der Waals surface area contributed by atoms with E-state index in [1.807, 2.05) is 54.8 Å². The number of hydrogen-bond donors (Lipinski definition) is 1. The largest absolute Gasteiger partial charge is 0.320 e. The van der Waals surface area contributed by atoms with Crippen LogP contribution in [0.15, 0.2) is 41.2 Å². The normalized spacial score (nSPS) is 12.4. The van der Waals surface area contributed by atoms with Gasteiger partial charge < -0.3 is 10.3 Å². The van der Waals surface area contributed by atoms with Crippen LogP contribution in [-0.2, 0) is 6.54 Å². The molecule has 106 valence electrons. The van der Waals surface area contributed by atoms with Crippen LogP contribution in [-0.4, -0.2) is 4.57 Å². The highest BCUT2D eigenvalue weighted by Gasteiger charge is 2.14. The van der Waals surface area contributed by atoms with Gasteiger partial charge in [-0.2, -0.15) is 0 Å². The van der Waals surface area contributed by atoms with Gasteiger partial charge in [-0.25, -0.2) is 0 Å². The number of nitrogens with two attached hydrogens (primary N) is 1. The van der Waals surface area contributed by atoms with Crippen molar-refractivity contribution in [2.24, 2.45) is 5.73 Å². The SMILES string of the molecule is CCCn1c(C)ccc(C(N)c2ccc(C)cc2)c1=O. The molecule has 3 heteroatoms. The second kappa shape index (κ2) is 6.06. The molecule has 0 amide bonds. The molecule has 0 bridgehead atoms. The summed E-state index contributed by atoms with van der Waals surface area (Å²) < 4.78 is 1.81. The summed E-state index contributed by atoms with van der Waals surface area (Å²) in [6.07, 6.45) is 0.934. The van der Waals surface area contributed by atoms with Gasteiger partial charge in [0.1, 0.15) is 0 Å². The van der Waals surface area contributed by atoms with Gasteiger partial charge in [0, 0.05) is 17.8 Å². The van der Waals surface area contributed by atoms with E-state index < -0.39 is 0 Å². The van der Waals surface area contributed by atoms with Crippen molar-refractivity contribution in [1.29, 1.82) is 0 Å². The molecule has 1 aromatic carbocycles. The van der Waals surface area contributed by atoms with Crippen molar-refractivity contribution in [2.75, 3.05) is 0 Å². The smallest absolute Gasteiger partial charge is 0.255 e. The molecular formula is C17H22N2O. The quantitative estimate of drug-likeness (QED) is 0.928. The molecule has 0 spiro atoms. The minimum atomic E-state index is -0.369. The van der Waals surface area contributed by atoms with Crippen LogP contribution in [0.3, 0.4) is 0 Å². The molecule has 1 aromatic heterocycles. The number of benzene rings is 1. The van der Waals surface area contributed by atoms with E-state index in [1.54, 1.807) is 0 Å². The lowest BCUT2D eigenvalue weighted by Crippen LogP contribution is -2.30. The average molecular weight is 270 g/mol. The summed E-state index contributed by atoms with van der Waals surface area (Å²) in [7, 11) is 0. The van der Waals surface area contributed by atoms with Gasteiger partial charge in [-0.3, -0.25) is 4.79 Å². The van der Waals surface area contributed by atoms with E-state index in [0.29, 0.717) is 5.56 Å². The Morgan fingerprint density at radius 3 is 2.35 bits per heavy atom. The van der Waals surface area contributed by atoms with Crippen molar-refractivity contribution in [3.8, 4) is 0 Å². The van der Waals surface area contributed by atoms with Crippen LogP contribution in [0.5, 0.6) is 0 Å². The van der Waals surface area contributed by atoms with Gasteiger partial charge in [0.2, 0.25) is 0 Å². The zero-order valence-corrected chi connectivity index (χ0v) is 12.4. The first-order valence-corrected chi connectivity index (χ1v) is 7.07. The molecule has 3 nitrogen and oxygen atoms in total. The molecule has 0 saturated heterocycles. The van der Waals surface area contributed by atoms with E-state index in [9.17, 15) is 4.79 Å². The first-order valence-electron chi connectivity index (χ1n) is 7.07. The van der Waals surface area contributed by atoms with Crippen molar-refractivity contribution in [3.05, 3.63) is 69.1 Å². The molecule has 0 aliphatic rings. The Balaban J connectivity index is 2.44. The standard InChI is InChI=1S/C17H22N2O/c1-4-11-19-13(3)7-10-15(17(19)20)16(18)14-8-5-12(2)6-9-14/h5-10,16H,4,11,18H2,1-3H3. The topological polar surface area (TPSA) is 48.0 Å². The molecule has 1 heterocycles. The Morgan fingerprint density at radius 1 is 1.10 bits per heavy atom. The van der Waals surface area contributed by atoms with Crippen molar-refractivity contribution in [1.82, 2.24) is 4.57 Å². The van der Waals surface area contributed by atoms with Crippen LogP contribution in [0.25, 0.3) is 0 Å². The minimum absolute atomic E-state index is 0.0277. The molecule has 1 unspecified atom stereocenters. The summed E-state index contributed by atoms with van der Waals surface area (Å²) in [5.74, 6) is 0. The fourth-order valence-corrected chi connectivity index (χ4v) is 2.38. The Labute approximate surface area is 120 Å². The van der Waals surface area contributed by atoms with Crippen molar-refractivity contribution >= 4 is 0 Å². The lowest BCUT2D eigenvalue weighted by Gasteiger charge is -2.16. The molecule has 1 atom stereocenters. The van der Waals surface area contributed by atoms with Gasteiger partial charge in [-0.05, 0) is 38.0 Å². The molecule has 0 saturated carbocycles. The number of aryl methyl sites for hydroxylation is 2. The lowest BCUT2D eigenvalue weighted by molar-refractivity contribution is 0.623. The Morgan fingerprint density at radius 2 is 1.75 bits per heavy atom. The van der Waals surface area contributed by atoms with E-state index in [4.69, 9.17) is 5.73 Å². The highest BCUT2D eigenvalue weighted by Crippen LogP contribution is 2.17. The lowest BCUT2D eigenvalue weighted by atomic mass is 9.99. The van der Waals surface area contributed by atoms with Gasteiger partial charge in [0.15, 0.2) is 0 Å². The van der Waals surface area contributed by atoms with Gasteiger partial charge in [0.05, 0.1) is 6.04 Å². The number of rotatable bonds is 4. The summed E-state index contributed by atoms with van der Waals surface area (Å²) in [5.41, 5.74) is 10.1. The predicted octanol–water partition coefficient (Wildman–Crippen LogP) is 2.92. The molecule has 20 heavy (non-hydrogen) atoms. The zero-order chi connectivity index (χ0) is 14.7. The van der Waals surface area contributed by atoms with E-state index in [2.05, 4.69) is 6.92 Å². The van der Waals surface area contributed by atoms with Crippen LogP contribution in [0.2, 0.25) is 0 Å². The maximum absolute atomic E-state index is 12.5. The third kappa shape index (κ3) is 2.83. The maximum atomic E-state index is 12.5. The van der Waals surface area contributed by atoms with E-state index >= 15 is 0 Å². The first kappa shape index (κ1) is 14.5. The van der Waals surface area contributed by atoms with Gasteiger partial charge in [-0.1, -0.05) is 36.8 Å². The monoisotopic (exact) mass is 270 g/mol. The second-order valence-electron chi connectivity index (χ2n) is 5.28. The maximum Gasteiger partial charge on any atom is 0.255 e. The average Bonchev–Trinajstić information content (AvgIpc) is 2.44. The number of aromatic nitrogens is 1. The summed E-state index contributed by atoms with van der Waals surface area (Å²) in [6.45, 7) is 6.80. The molecule has 0 fully saturated rings. The molecule has 2 rings (SSSR count). The van der Waals surface area contributed by atoms with Crippen LogP contribution in [0.4, 0.5) is 0 Å². The molecule has 2 N–H and O–H groups in total. The van der Waals surface area contributed by atoms with Crippen molar-refractivity contribution in [3.63, 3.8) is 0 Å². The minimum Gasteiger partial charge on any atom is -0.320 e. The molecule has 0 aliphatic heterocycles. The Kier molecular flexibility index (Phi) is 4.40.